The highest BCUT2D eigenvalue weighted by Crippen LogP contribution is 2.23. The van der Waals surface area contributed by atoms with Gasteiger partial charge in [-0.3, -0.25) is 9.59 Å². The fraction of sp³-hybridized carbons (Fsp3) is 0.300. The molecule has 0 fully saturated rings. The van der Waals surface area contributed by atoms with Crippen molar-refractivity contribution < 1.29 is 18.0 Å². The molecule has 0 aliphatic heterocycles. The van der Waals surface area contributed by atoms with Crippen molar-refractivity contribution >= 4 is 27.4 Å². The largest absolute Gasteiger partial charge is 0.326 e. The van der Waals surface area contributed by atoms with Gasteiger partial charge in [0.2, 0.25) is 15.9 Å². The number of nitrogens with zero attached hydrogens (tertiary/aromatic N) is 1. The lowest BCUT2D eigenvalue weighted by Crippen LogP contribution is -2.35. The number of hydrogen-bond acceptors (Lipinski definition) is 4. The van der Waals surface area contributed by atoms with Crippen LogP contribution in [0.3, 0.4) is 0 Å². The number of amides is 1. The normalized spacial score (nSPS) is 12.6. The first kappa shape index (κ1) is 20.8. The van der Waals surface area contributed by atoms with Crippen molar-refractivity contribution in [2.45, 2.75) is 26.3 Å². The Morgan fingerprint density at radius 1 is 1.07 bits per heavy atom. The standard InChI is InChI=1S/C20H24N2O4S/c1-15(17-8-5-4-6-9-17)22(27(3,25)26)13-12-20(24)21-19-11-7-10-18(14-19)16(2)23/h4-11,14-15H,12-13H2,1-3H3,(H,21,24). The van der Waals surface area contributed by atoms with Crippen LogP contribution in [0, 0.1) is 0 Å². The number of ketones is 1. The highest BCUT2D eigenvalue weighted by Gasteiger charge is 2.25. The van der Waals surface area contributed by atoms with E-state index in [1.54, 1.807) is 31.2 Å². The maximum Gasteiger partial charge on any atom is 0.225 e. The number of sulfonamides is 1. The Labute approximate surface area is 160 Å². The third-order valence-corrected chi connectivity index (χ3v) is 5.60. The number of benzene rings is 2. The number of carbonyl (C=O) groups excluding carboxylic acids is 2. The first-order valence-corrected chi connectivity index (χ1v) is 10.5. The van der Waals surface area contributed by atoms with Crippen LogP contribution in [0.4, 0.5) is 5.69 Å². The van der Waals surface area contributed by atoms with Gasteiger partial charge >= 0.3 is 0 Å². The highest BCUT2D eigenvalue weighted by molar-refractivity contribution is 7.88. The fourth-order valence-electron chi connectivity index (χ4n) is 2.80. The zero-order valence-corrected chi connectivity index (χ0v) is 16.5. The summed E-state index contributed by atoms with van der Waals surface area (Å²) in [6.45, 7) is 3.31. The quantitative estimate of drug-likeness (QED) is 0.704. The van der Waals surface area contributed by atoms with E-state index in [1.165, 1.54) is 11.2 Å². The van der Waals surface area contributed by atoms with Crippen LogP contribution in [-0.2, 0) is 14.8 Å². The Balaban J connectivity index is 2.05. The molecule has 0 spiro atoms. The Bertz CT molecular complexity index is 911. The van der Waals surface area contributed by atoms with Gasteiger partial charge in [0.15, 0.2) is 5.78 Å². The van der Waals surface area contributed by atoms with Gasteiger partial charge in [-0.15, -0.1) is 0 Å². The van der Waals surface area contributed by atoms with Crippen LogP contribution in [0.1, 0.15) is 42.2 Å². The summed E-state index contributed by atoms with van der Waals surface area (Å²) in [5.74, 6) is -0.407. The average molecular weight is 388 g/mol. The summed E-state index contributed by atoms with van der Waals surface area (Å²) in [5, 5.41) is 2.71. The molecular formula is C20H24N2O4S. The Kier molecular flexibility index (Phi) is 6.87. The third-order valence-electron chi connectivity index (χ3n) is 4.25. The minimum absolute atomic E-state index is 0.00847. The van der Waals surface area contributed by atoms with Gasteiger partial charge < -0.3 is 5.32 Å². The average Bonchev–Trinajstić information content (AvgIpc) is 2.61. The van der Waals surface area contributed by atoms with Crippen molar-refractivity contribution in [1.82, 2.24) is 4.31 Å². The van der Waals surface area contributed by atoms with Crippen LogP contribution >= 0.6 is 0 Å². The van der Waals surface area contributed by atoms with Gasteiger partial charge in [0.1, 0.15) is 0 Å². The lowest BCUT2D eigenvalue weighted by molar-refractivity contribution is -0.116. The lowest BCUT2D eigenvalue weighted by atomic mass is 10.1. The molecule has 0 saturated heterocycles. The van der Waals surface area contributed by atoms with E-state index in [0.717, 1.165) is 11.8 Å². The molecule has 0 radical (unpaired) electrons. The molecule has 0 aliphatic rings. The zero-order chi connectivity index (χ0) is 20.0. The number of Topliss-reactive ketones (excluding diaryl/α,β-unsaturated/α-hetero) is 1. The number of rotatable bonds is 8. The number of nitrogens with one attached hydrogen (secondary N) is 1. The van der Waals surface area contributed by atoms with Crippen LogP contribution in [0.2, 0.25) is 0 Å². The minimum atomic E-state index is -3.49. The Hall–Kier alpha value is -2.51. The molecule has 1 amide bonds. The van der Waals surface area contributed by atoms with Crippen molar-refractivity contribution in [2.75, 3.05) is 18.1 Å². The Morgan fingerprint density at radius 2 is 1.74 bits per heavy atom. The van der Waals surface area contributed by atoms with Gasteiger partial charge in [-0.25, -0.2) is 8.42 Å². The van der Waals surface area contributed by atoms with Crippen LogP contribution < -0.4 is 5.32 Å². The number of carbonyl (C=O) groups is 2. The first-order chi connectivity index (χ1) is 12.7. The molecule has 1 atom stereocenters. The van der Waals surface area contributed by atoms with Crippen molar-refractivity contribution in [3.05, 3.63) is 65.7 Å². The predicted molar refractivity (Wildman–Crippen MR) is 106 cm³/mol. The number of anilines is 1. The van der Waals surface area contributed by atoms with E-state index >= 15 is 0 Å². The molecule has 0 bridgehead atoms. The summed E-state index contributed by atoms with van der Waals surface area (Å²) in [4.78, 5) is 23.7. The minimum Gasteiger partial charge on any atom is -0.326 e. The maximum absolute atomic E-state index is 12.3. The molecule has 2 aromatic rings. The molecule has 0 saturated carbocycles. The molecule has 1 unspecified atom stereocenters. The summed E-state index contributed by atoms with van der Waals surface area (Å²) >= 11 is 0. The van der Waals surface area contributed by atoms with Crippen molar-refractivity contribution in [3.63, 3.8) is 0 Å². The summed E-state index contributed by atoms with van der Waals surface area (Å²) < 4.78 is 25.7. The second kappa shape index (κ2) is 8.92. The molecule has 2 aromatic carbocycles. The van der Waals surface area contributed by atoms with E-state index in [1.807, 2.05) is 30.3 Å². The topological polar surface area (TPSA) is 83.6 Å². The second-order valence-electron chi connectivity index (χ2n) is 6.40. The van der Waals surface area contributed by atoms with E-state index < -0.39 is 10.0 Å². The van der Waals surface area contributed by atoms with Gasteiger partial charge in [0, 0.05) is 30.3 Å². The molecule has 0 aliphatic carbocycles. The van der Waals surface area contributed by atoms with Crippen LogP contribution in [0.15, 0.2) is 54.6 Å². The van der Waals surface area contributed by atoms with Crippen LogP contribution in [-0.4, -0.2) is 37.2 Å². The van der Waals surface area contributed by atoms with Crippen molar-refractivity contribution in [3.8, 4) is 0 Å². The fourth-order valence-corrected chi connectivity index (χ4v) is 3.91. The molecule has 6 nitrogen and oxygen atoms in total. The van der Waals surface area contributed by atoms with Gasteiger partial charge in [-0.2, -0.15) is 4.31 Å². The molecule has 1 N–H and O–H groups in total. The highest BCUT2D eigenvalue weighted by atomic mass is 32.2. The molecule has 27 heavy (non-hydrogen) atoms. The summed E-state index contributed by atoms with van der Waals surface area (Å²) in [5.41, 5.74) is 1.87. The van der Waals surface area contributed by atoms with Crippen LogP contribution in [0.5, 0.6) is 0 Å². The summed E-state index contributed by atoms with van der Waals surface area (Å²) in [6, 6.07) is 15.5. The van der Waals surface area contributed by atoms with Gasteiger partial charge in [0.25, 0.3) is 0 Å². The van der Waals surface area contributed by atoms with Crippen molar-refractivity contribution in [1.29, 1.82) is 0 Å². The molecule has 0 aromatic heterocycles. The lowest BCUT2D eigenvalue weighted by Gasteiger charge is -2.27. The molecule has 2 rings (SSSR count). The monoisotopic (exact) mass is 388 g/mol. The third kappa shape index (κ3) is 6.01. The SMILES string of the molecule is CC(=O)c1cccc(NC(=O)CCN(C(C)c2ccccc2)S(C)(=O)=O)c1. The van der Waals surface area contributed by atoms with Gasteiger partial charge in [-0.05, 0) is 31.5 Å². The smallest absolute Gasteiger partial charge is 0.225 e. The predicted octanol–water partition coefficient (Wildman–Crippen LogP) is 3.24. The van der Waals surface area contributed by atoms with Crippen molar-refractivity contribution in [2.24, 2.45) is 0 Å². The van der Waals surface area contributed by atoms with Gasteiger partial charge in [0.05, 0.1) is 6.26 Å². The van der Waals surface area contributed by atoms with E-state index in [4.69, 9.17) is 0 Å². The zero-order valence-electron chi connectivity index (χ0n) is 15.7. The molecule has 144 valence electrons. The van der Waals surface area contributed by atoms with Crippen LogP contribution in [0.25, 0.3) is 0 Å². The van der Waals surface area contributed by atoms with E-state index in [-0.39, 0.29) is 30.7 Å². The second-order valence-corrected chi connectivity index (χ2v) is 8.33. The molecular weight excluding hydrogens is 364 g/mol. The van der Waals surface area contributed by atoms with E-state index in [2.05, 4.69) is 5.32 Å². The summed E-state index contributed by atoms with van der Waals surface area (Å²) in [6.07, 6.45) is 1.15. The summed E-state index contributed by atoms with van der Waals surface area (Å²) in [7, 11) is -3.49. The molecule has 7 heteroatoms. The number of hydrogen-bond donors (Lipinski definition) is 1. The Morgan fingerprint density at radius 3 is 2.33 bits per heavy atom. The molecule has 0 heterocycles. The van der Waals surface area contributed by atoms with Gasteiger partial charge in [-0.1, -0.05) is 42.5 Å². The maximum atomic E-state index is 12.3. The first-order valence-electron chi connectivity index (χ1n) is 8.61. The van der Waals surface area contributed by atoms with E-state index in [0.29, 0.717) is 11.3 Å². The van der Waals surface area contributed by atoms with E-state index in [9.17, 15) is 18.0 Å².